The zero-order valence-corrected chi connectivity index (χ0v) is 20.7. The first-order chi connectivity index (χ1) is 13.6. The summed E-state index contributed by atoms with van der Waals surface area (Å²) in [5, 5.41) is 2.77. The minimum absolute atomic E-state index is 0.111. The SMILES string of the molecule is CC(C#Cc1ccc(F)cc1OCCO[Si](C)(C)C(C)(C)C)NC(=O)OC(C)(C)C. The molecule has 0 spiro atoms. The van der Waals surface area contributed by atoms with Crippen LogP contribution in [0.1, 0.15) is 54.0 Å². The molecule has 7 heteroatoms. The summed E-state index contributed by atoms with van der Waals surface area (Å²) < 4.78 is 30.8. The summed E-state index contributed by atoms with van der Waals surface area (Å²) >= 11 is 0. The van der Waals surface area contributed by atoms with Crippen molar-refractivity contribution in [1.29, 1.82) is 0 Å². The minimum atomic E-state index is -1.86. The van der Waals surface area contributed by atoms with Gasteiger partial charge in [0.2, 0.25) is 0 Å². The summed E-state index contributed by atoms with van der Waals surface area (Å²) in [6.45, 7) is 18.7. The largest absolute Gasteiger partial charge is 0.490 e. The average Bonchev–Trinajstić information content (AvgIpc) is 2.55. The number of carbonyl (C=O) groups is 1. The van der Waals surface area contributed by atoms with Gasteiger partial charge in [-0.2, -0.15) is 0 Å². The number of benzene rings is 1. The Morgan fingerprint density at radius 2 is 1.80 bits per heavy atom. The molecule has 0 aromatic heterocycles. The van der Waals surface area contributed by atoms with E-state index in [0.29, 0.717) is 24.5 Å². The third kappa shape index (κ3) is 9.18. The first-order valence-electron chi connectivity index (χ1n) is 10.2. The predicted molar refractivity (Wildman–Crippen MR) is 121 cm³/mol. The zero-order valence-electron chi connectivity index (χ0n) is 19.7. The van der Waals surface area contributed by atoms with Gasteiger partial charge in [0.25, 0.3) is 0 Å². The quantitative estimate of drug-likeness (QED) is 0.363. The minimum Gasteiger partial charge on any atom is -0.490 e. The standard InChI is InChI=1S/C23H36FNO4Si/c1-17(25-21(26)29-22(2,3)4)10-11-18-12-13-19(24)16-20(18)27-14-15-28-30(8,9)23(5,6)7/h12-13,16-17H,14-15H2,1-9H3,(H,25,26). The zero-order chi connectivity index (χ0) is 23.2. The Morgan fingerprint density at radius 1 is 1.17 bits per heavy atom. The van der Waals surface area contributed by atoms with Gasteiger partial charge in [-0.15, -0.1) is 0 Å². The van der Waals surface area contributed by atoms with Crippen molar-refractivity contribution in [3.8, 4) is 17.6 Å². The van der Waals surface area contributed by atoms with Gasteiger partial charge in [0.1, 0.15) is 23.8 Å². The van der Waals surface area contributed by atoms with Crippen molar-refractivity contribution >= 4 is 14.4 Å². The molecular weight excluding hydrogens is 401 g/mol. The Morgan fingerprint density at radius 3 is 2.37 bits per heavy atom. The maximum Gasteiger partial charge on any atom is 0.408 e. The van der Waals surface area contributed by atoms with E-state index in [2.05, 4.69) is 51.0 Å². The van der Waals surface area contributed by atoms with Crippen LogP contribution in [0.25, 0.3) is 0 Å². The first kappa shape index (κ1) is 26.0. The van der Waals surface area contributed by atoms with E-state index in [4.69, 9.17) is 13.9 Å². The van der Waals surface area contributed by atoms with Gasteiger partial charge in [-0.05, 0) is 58.0 Å². The van der Waals surface area contributed by atoms with Crippen molar-refractivity contribution in [3.05, 3.63) is 29.6 Å². The molecule has 1 atom stereocenters. The predicted octanol–water partition coefficient (Wildman–Crippen LogP) is 5.49. The van der Waals surface area contributed by atoms with Crippen molar-refractivity contribution in [3.63, 3.8) is 0 Å². The number of nitrogens with one attached hydrogen (secondary N) is 1. The second-order valence-corrected chi connectivity index (χ2v) is 14.5. The Labute approximate surface area is 181 Å². The van der Waals surface area contributed by atoms with E-state index in [-0.39, 0.29) is 5.04 Å². The summed E-state index contributed by atoms with van der Waals surface area (Å²) in [4.78, 5) is 11.8. The van der Waals surface area contributed by atoms with E-state index in [1.165, 1.54) is 12.1 Å². The molecule has 0 aliphatic carbocycles. The Balaban J connectivity index is 2.74. The van der Waals surface area contributed by atoms with Crippen molar-refractivity contribution < 1.29 is 23.1 Å². The molecule has 5 nitrogen and oxygen atoms in total. The van der Waals surface area contributed by atoms with Crippen LogP contribution in [0.15, 0.2) is 18.2 Å². The lowest BCUT2D eigenvalue weighted by Crippen LogP contribution is -2.41. The highest BCUT2D eigenvalue weighted by molar-refractivity contribution is 6.74. The second kappa shape index (κ2) is 10.3. The van der Waals surface area contributed by atoms with Crippen LogP contribution in [0.4, 0.5) is 9.18 Å². The number of amides is 1. The Hall–Kier alpha value is -2.04. The summed E-state index contributed by atoms with van der Waals surface area (Å²) in [5.41, 5.74) is -0.0385. The van der Waals surface area contributed by atoms with Crippen LogP contribution < -0.4 is 10.1 Å². The second-order valence-electron chi connectivity index (χ2n) is 9.73. The molecule has 0 bridgehead atoms. The lowest BCUT2D eigenvalue weighted by atomic mass is 10.2. The number of halogens is 1. The van der Waals surface area contributed by atoms with Crippen molar-refractivity contribution in [2.75, 3.05) is 13.2 Å². The van der Waals surface area contributed by atoms with Crippen LogP contribution in [-0.4, -0.2) is 39.3 Å². The fraction of sp³-hybridized carbons (Fsp3) is 0.609. The summed E-state index contributed by atoms with van der Waals surface area (Å²) in [6, 6.07) is 3.75. The fourth-order valence-corrected chi connectivity index (χ4v) is 3.12. The first-order valence-corrected chi connectivity index (χ1v) is 13.1. The average molecular weight is 438 g/mol. The van der Waals surface area contributed by atoms with Crippen LogP contribution in [0, 0.1) is 17.7 Å². The van der Waals surface area contributed by atoms with Gasteiger partial charge >= 0.3 is 6.09 Å². The molecule has 0 saturated carbocycles. The number of ether oxygens (including phenoxy) is 2. The summed E-state index contributed by atoms with van der Waals surface area (Å²) in [7, 11) is -1.86. The Bertz CT molecular complexity index is 785. The van der Waals surface area contributed by atoms with Crippen LogP contribution in [0.2, 0.25) is 18.1 Å². The molecule has 0 radical (unpaired) electrons. The normalized spacial score (nSPS) is 13.1. The molecular formula is C23H36FNO4Si. The third-order valence-corrected chi connectivity index (χ3v) is 9.25. The molecule has 0 heterocycles. The molecule has 1 N–H and O–H groups in total. The molecule has 1 amide bonds. The molecule has 0 aliphatic rings. The highest BCUT2D eigenvalue weighted by atomic mass is 28.4. The van der Waals surface area contributed by atoms with E-state index in [9.17, 15) is 9.18 Å². The smallest absolute Gasteiger partial charge is 0.408 e. The van der Waals surface area contributed by atoms with E-state index in [1.807, 2.05) is 0 Å². The number of hydrogen-bond acceptors (Lipinski definition) is 4. The monoisotopic (exact) mass is 437 g/mol. The van der Waals surface area contributed by atoms with Gasteiger partial charge < -0.3 is 19.2 Å². The van der Waals surface area contributed by atoms with Gasteiger partial charge in [-0.25, -0.2) is 9.18 Å². The number of rotatable bonds is 6. The lowest BCUT2D eigenvalue weighted by molar-refractivity contribution is 0.0519. The molecule has 1 unspecified atom stereocenters. The van der Waals surface area contributed by atoms with Crippen LogP contribution >= 0.6 is 0 Å². The van der Waals surface area contributed by atoms with E-state index >= 15 is 0 Å². The highest BCUT2D eigenvalue weighted by Gasteiger charge is 2.36. The molecule has 0 saturated heterocycles. The van der Waals surface area contributed by atoms with Crippen LogP contribution in [-0.2, 0) is 9.16 Å². The highest BCUT2D eigenvalue weighted by Crippen LogP contribution is 2.36. The van der Waals surface area contributed by atoms with Gasteiger partial charge in [-0.1, -0.05) is 32.6 Å². The number of alkyl carbamates (subject to hydrolysis) is 1. The topological polar surface area (TPSA) is 56.8 Å². The van der Waals surface area contributed by atoms with E-state index < -0.39 is 31.9 Å². The van der Waals surface area contributed by atoms with E-state index in [1.54, 1.807) is 33.8 Å². The van der Waals surface area contributed by atoms with Gasteiger partial charge in [0.15, 0.2) is 8.32 Å². The Kier molecular flexibility index (Phi) is 8.94. The third-order valence-electron chi connectivity index (χ3n) is 4.71. The van der Waals surface area contributed by atoms with Crippen LogP contribution in [0.5, 0.6) is 5.75 Å². The molecule has 1 aromatic rings. The maximum absolute atomic E-state index is 13.7. The molecule has 0 aliphatic heterocycles. The van der Waals surface area contributed by atoms with Gasteiger partial charge in [0.05, 0.1) is 18.2 Å². The molecule has 0 fully saturated rings. The number of carbonyl (C=O) groups excluding carboxylic acids is 1. The molecule has 1 aromatic carbocycles. The van der Waals surface area contributed by atoms with Crippen molar-refractivity contribution in [2.45, 2.75) is 78.2 Å². The van der Waals surface area contributed by atoms with Crippen LogP contribution in [0.3, 0.4) is 0 Å². The van der Waals surface area contributed by atoms with Crippen molar-refractivity contribution in [2.24, 2.45) is 0 Å². The van der Waals surface area contributed by atoms with Crippen molar-refractivity contribution in [1.82, 2.24) is 5.32 Å². The molecule has 1 rings (SSSR count). The molecule has 30 heavy (non-hydrogen) atoms. The summed E-state index contributed by atoms with van der Waals surface area (Å²) in [5.74, 6) is 5.82. The number of hydrogen-bond donors (Lipinski definition) is 1. The fourth-order valence-electron chi connectivity index (χ4n) is 2.09. The van der Waals surface area contributed by atoms with E-state index in [0.717, 1.165) is 0 Å². The lowest BCUT2D eigenvalue weighted by Gasteiger charge is -2.36. The van der Waals surface area contributed by atoms with Gasteiger partial charge in [0, 0.05) is 6.07 Å². The summed E-state index contributed by atoms with van der Waals surface area (Å²) in [6.07, 6.45) is -0.539. The molecule has 168 valence electrons. The maximum atomic E-state index is 13.7. The van der Waals surface area contributed by atoms with Gasteiger partial charge in [-0.3, -0.25) is 0 Å².